The van der Waals surface area contributed by atoms with Gasteiger partial charge < -0.3 is 14.4 Å². The second-order valence-electron chi connectivity index (χ2n) is 6.52. The van der Waals surface area contributed by atoms with Gasteiger partial charge in [0.1, 0.15) is 11.6 Å². The van der Waals surface area contributed by atoms with Crippen molar-refractivity contribution in [3.8, 4) is 0 Å². The normalized spacial score (nSPS) is 11.5. The standard InChI is InChI=1S/C22H16Cl2FNO5/c1-2-31-22(30)20(28)9-19(27)15-11-26(10-12-3-5-13(25)6-4-12)18-8-17(24)16(23)7-14(18)21(15)29/h3-9,11,27H,2,10H2,1H3. The SMILES string of the molecule is CCOC(=O)C(=O)C=C(O)c1cn(Cc2ccc(F)cc2)c2cc(Cl)c(Cl)cc2c1=O. The highest BCUT2D eigenvalue weighted by Crippen LogP contribution is 2.28. The summed E-state index contributed by atoms with van der Waals surface area (Å²) in [5, 5.41) is 10.9. The third-order valence-electron chi connectivity index (χ3n) is 4.41. The van der Waals surface area contributed by atoms with Crippen molar-refractivity contribution in [2.24, 2.45) is 0 Å². The number of carbonyl (C=O) groups excluding carboxylic acids is 2. The monoisotopic (exact) mass is 463 g/mol. The number of aliphatic hydroxyl groups excluding tert-OH is 1. The second kappa shape index (κ2) is 9.32. The number of fused-ring (bicyclic) bond motifs is 1. The first-order valence-electron chi connectivity index (χ1n) is 9.10. The summed E-state index contributed by atoms with van der Waals surface area (Å²) in [5.74, 6) is -3.37. The van der Waals surface area contributed by atoms with E-state index in [1.807, 2.05) is 0 Å². The lowest BCUT2D eigenvalue weighted by Gasteiger charge is -2.14. The molecule has 1 aromatic heterocycles. The summed E-state index contributed by atoms with van der Waals surface area (Å²) >= 11 is 12.2. The zero-order valence-electron chi connectivity index (χ0n) is 16.2. The van der Waals surface area contributed by atoms with Crippen LogP contribution in [0.5, 0.6) is 0 Å². The van der Waals surface area contributed by atoms with Gasteiger partial charge in [0.25, 0.3) is 5.78 Å². The Bertz CT molecular complexity index is 1270. The maximum Gasteiger partial charge on any atom is 0.379 e. The van der Waals surface area contributed by atoms with Crippen LogP contribution in [0, 0.1) is 5.82 Å². The highest BCUT2D eigenvalue weighted by atomic mass is 35.5. The van der Waals surface area contributed by atoms with Crippen molar-refractivity contribution in [1.82, 2.24) is 4.57 Å². The largest absolute Gasteiger partial charge is 0.507 e. The van der Waals surface area contributed by atoms with Crippen LogP contribution in [0.1, 0.15) is 18.1 Å². The highest BCUT2D eigenvalue weighted by Gasteiger charge is 2.18. The molecule has 0 aliphatic rings. The molecule has 1 heterocycles. The number of carbonyl (C=O) groups is 2. The van der Waals surface area contributed by atoms with Crippen molar-refractivity contribution in [2.45, 2.75) is 13.5 Å². The molecule has 9 heteroatoms. The average Bonchev–Trinajstić information content (AvgIpc) is 2.73. The summed E-state index contributed by atoms with van der Waals surface area (Å²) in [6, 6.07) is 8.57. The first kappa shape index (κ1) is 22.5. The number of rotatable bonds is 6. The summed E-state index contributed by atoms with van der Waals surface area (Å²) < 4.78 is 19.4. The Kier molecular flexibility index (Phi) is 6.77. The molecule has 0 aliphatic carbocycles. The third-order valence-corrected chi connectivity index (χ3v) is 5.13. The van der Waals surface area contributed by atoms with Crippen molar-refractivity contribution in [1.29, 1.82) is 0 Å². The maximum absolute atomic E-state index is 13.2. The molecular formula is C22H16Cl2FNO5. The molecule has 0 spiro atoms. The van der Waals surface area contributed by atoms with Crippen molar-refractivity contribution in [2.75, 3.05) is 6.61 Å². The molecule has 1 N–H and O–H groups in total. The molecule has 3 rings (SSSR count). The van der Waals surface area contributed by atoms with E-state index in [0.29, 0.717) is 17.2 Å². The molecule has 160 valence electrons. The molecule has 0 saturated carbocycles. The zero-order chi connectivity index (χ0) is 22.7. The van der Waals surface area contributed by atoms with Gasteiger partial charge in [0, 0.05) is 24.2 Å². The maximum atomic E-state index is 13.2. The zero-order valence-corrected chi connectivity index (χ0v) is 17.7. The lowest BCUT2D eigenvalue weighted by atomic mass is 10.1. The van der Waals surface area contributed by atoms with Crippen molar-refractivity contribution in [3.05, 3.63) is 85.9 Å². The van der Waals surface area contributed by atoms with Crippen molar-refractivity contribution in [3.63, 3.8) is 0 Å². The Morgan fingerprint density at radius 1 is 1.16 bits per heavy atom. The molecule has 0 radical (unpaired) electrons. The van der Waals surface area contributed by atoms with Crippen LogP contribution in [-0.4, -0.2) is 28.0 Å². The molecule has 0 aliphatic heterocycles. The fraction of sp³-hybridized carbons (Fsp3) is 0.136. The van der Waals surface area contributed by atoms with Crippen molar-refractivity contribution < 1.29 is 23.8 Å². The van der Waals surface area contributed by atoms with Crippen LogP contribution >= 0.6 is 23.2 Å². The molecular weight excluding hydrogens is 448 g/mol. The van der Waals surface area contributed by atoms with Crippen LogP contribution in [-0.2, 0) is 20.9 Å². The van der Waals surface area contributed by atoms with Gasteiger partial charge in [-0.05, 0) is 36.8 Å². The van der Waals surface area contributed by atoms with Crippen LogP contribution in [0.25, 0.3) is 16.7 Å². The number of benzene rings is 2. The molecule has 31 heavy (non-hydrogen) atoms. The molecule has 0 atom stereocenters. The topological polar surface area (TPSA) is 85.6 Å². The lowest BCUT2D eigenvalue weighted by Crippen LogP contribution is -2.18. The Morgan fingerprint density at radius 2 is 1.81 bits per heavy atom. The van der Waals surface area contributed by atoms with E-state index in [1.165, 1.54) is 37.4 Å². The predicted molar refractivity (Wildman–Crippen MR) is 116 cm³/mol. The number of aromatic nitrogens is 1. The molecule has 0 fully saturated rings. The molecule has 3 aromatic rings. The smallest absolute Gasteiger partial charge is 0.379 e. The van der Waals surface area contributed by atoms with Gasteiger partial charge >= 0.3 is 5.97 Å². The van der Waals surface area contributed by atoms with E-state index in [1.54, 1.807) is 16.7 Å². The van der Waals surface area contributed by atoms with E-state index in [4.69, 9.17) is 23.2 Å². The van der Waals surface area contributed by atoms with Gasteiger partial charge in [0.15, 0.2) is 5.43 Å². The number of aliphatic hydroxyl groups is 1. The van der Waals surface area contributed by atoms with Gasteiger partial charge in [-0.2, -0.15) is 0 Å². The van der Waals surface area contributed by atoms with Gasteiger partial charge in [0.2, 0.25) is 0 Å². The summed E-state index contributed by atoms with van der Waals surface area (Å²) in [7, 11) is 0. The van der Waals surface area contributed by atoms with Gasteiger partial charge in [-0.25, -0.2) is 9.18 Å². The Morgan fingerprint density at radius 3 is 2.45 bits per heavy atom. The van der Waals surface area contributed by atoms with E-state index in [-0.39, 0.29) is 34.1 Å². The number of halogens is 3. The number of hydrogen-bond acceptors (Lipinski definition) is 5. The summed E-state index contributed by atoms with van der Waals surface area (Å²) in [4.78, 5) is 36.4. The number of ether oxygens (including phenoxy) is 1. The summed E-state index contributed by atoms with van der Waals surface area (Å²) in [6.45, 7) is 1.71. The molecule has 2 aromatic carbocycles. The van der Waals surface area contributed by atoms with E-state index < -0.39 is 28.8 Å². The predicted octanol–water partition coefficient (Wildman–Crippen LogP) is 4.53. The number of esters is 1. The Hall–Kier alpha value is -3.16. The van der Waals surface area contributed by atoms with Gasteiger partial charge in [-0.3, -0.25) is 9.59 Å². The number of ketones is 1. The van der Waals surface area contributed by atoms with Crippen LogP contribution in [0.3, 0.4) is 0 Å². The number of nitrogens with zero attached hydrogens (tertiary/aromatic N) is 1. The molecule has 0 unspecified atom stereocenters. The van der Waals surface area contributed by atoms with Crippen LogP contribution in [0.2, 0.25) is 10.0 Å². The lowest BCUT2D eigenvalue weighted by molar-refractivity contribution is -0.151. The summed E-state index contributed by atoms with van der Waals surface area (Å²) in [6.07, 6.45) is 1.95. The minimum absolute atomic E-state index is 0.0150. The second-order valence-corrected chi connectivity index (χ2v) is 7.34. The minimum atomic E-state index is -1.16. The summed E-state index contributed by atoms with van der Waals surface area (Å²) in [5.41, 5.74) is 0.270. The first-order chi connectivity index (χ1) is 14.7. The van der Waals surface area contributed by atoms with E-state index in [0.717, 1.165) is 0 Å². The van der Waals surface area contributed by atoms with Crippen LogP contribution < -0.4 is 5.43 Å². The van der Waals surface area contributed by atoms with Gasteiger partial charge in [-0.1, -0.05) is 35.3 Å². The molecule has 0 amide bonds. The quantitative estimate of drug-likeness (QED) is 0.251. The van der Waals surface area contributed by atoms with Gasteiger partial charge in [-0.15, -0.1) is 0 Å². The fourth-order valence-corrected chi connectivity index (χ4v) is 3.27. The number of pyridine rings is 1. The molecule has 6 nitrogen and oxygen atoms in total. The minimum Gasteiger partial charge on any atom is -0.507 e. The average molecular weight is 464 g/mol. The Balaban J connectivity index is 2.18. The Labute approximate surface area is 186 Å². The molecule has 0 saturated heterocycles. The molecule has 0 bridgehead atoms. The van der Waals surface area contributed by atoms with E-state index in [2.05, 4.69) is 4.74 Å². The van der Waals surface area contributed by atoms with Gasteiger partial charge in [0.05, 0.1) is 27.7 Å². The van der Waals surface area contributed by atoms with Crippen LogP contribution in [0.4, 0.5) is 4.39 Å². The van der Waals surface area contributed by atoms with Crippen LogP contribution in [0.15, 0.2) is 53.5 Å². The van der Waals surface area contributed by atoms with Crippen molar-refractivity contribution >= 4 is 51.6 Å². The third kappa shape index (κ3) is 4.95. The highest BCUT2D eigenvalue weighted by molar-refractivity contribution is 6.42. The fourth-order valence-electron chi connectivity index (χ4n) is 2.95. The van der Waals surface area contributed by atoms with E-state index in [9.17, 15) is 23.9 Å². The van der Waals surface area contributed by atoms with E-state index >= 15 is 0 Å². The first-order valence-corrected chi connectivity index (χ1v) is 9.85. The number of hydrogen-bond donors (Lipinski definition) is 1.